The lowest BCUT2D eigenvalue weighted by molar-refractivity contribution is -0.115. The molecule has 1 heterocycles. The quantitative estimate of drug-likeness (QED) is 0.637. The molecular formula is C21H24N2OS. The highest BCUT2D eigenvalue weighted by Gasteiger charge is 2.12. The molecule has 1 aromatic heterocycles. The molecule has 3 nitrogen and oxygen atoms in total. The maximum absolute atomic E-state index is 12.4. The van der Waals surface area contributed by atoms with Gasteiger partial charge in [0.25, 0.3) is 0 Å². The van der Waals surface area contributed by atoms with Gasteiger partial charge in [-0.3, -0.25) is 4.79 Å². The van der Waals surface area contributed by atoms with Crippen LogP contribution < -0.4 is 5.32 Å². The van der Waals surface area contributed by atoms with E-state index in [0.717, 1.165) is 15.8 Å². The second kappa shape index (κ2) is 7.36. The van der Waals surface area contributed by atoms with Gasteiger partial charge in [0.1, 0.15) is 0 Å². The highest BCUT2D eigenvalue weighted by atomic mass is 32.1. The first-order valence-electron chi connectivity index (χ1n) is 8.72. The minimum atomic E-state index is -0.0255. The third kappa shape index (κ3) is 4.07. The summed E-state index contributed by atoms with van der Waals surface area (Å²) in [5.41, 5.74) is 4.53. The number of amides is 1. The summed E-state index contributed by atoms with van der Waals surface area (Å²) in [7, 11) is 0. The molecule has 0 aliphatic heterocycles. The van der Waals surface area contributed by atoms with Crippen molar-refractivity contribution in [1.82, 2.24) is 4.98 Å². The Morgan fingerprint density at radius 2 is 1.76 bits per heavy atom. The van der Waals surface area contributed by atoms with Gasteiger partial charge in [-0.05, 0) is 34.6 Å². The lowest BCUT2D eigenvalue weighted by Crippen LogP contribution is -2.14. The Labute approximate surface area is 153 Å². The summed E-state index contributed by atoms with van der Waals surface area (Å²) in [5.74, 6) is 0.886. The van der Waals surface area contributed by atoms with Crippen molar-refractivity contribution in [1.29, 1.82) is 0 Å². The van der Waals surface area contributed by atoms with Gasteiger partial charge in [-0.25, -0.2) is 4.98 Å². The molecule has 0 fully saturated rings. The highest BCUT2D eigenvalue weighted by Crippen LogP contribution is 2.31. The summed E-state index contributed by atoms with van der Waals surface area (Å²) in [6.45, 7) is 8.65. The fourth-order valence-corrected chi connectivity index (χ4v) is 3.78. The Kier molecular flexibility index (Phi) is 5.19. The number of aromatic nitrogens is 1. The van der Waals surface area contributed by atoms with Gasteiger partial charge in [0, 0.05) is 0 Å². The Balaban J connectivity index is 1.72. The number of para-hydroxylation sites is 1. The molecule has 0 bridgehead atoms. The summed E-state index contributed by atoms with van der Waals surface area (Å²) < 4.78 is 1.11. The predicted octanol–water partition coefficient (Wildman–Crippen LogP) is 5.72. The number of nitrogens with one attached hydrogen (secondary N) is 1. The predicted molar refractivity (Wildman–Crippen MR) is 107 cm³/mol. The van der Waals surface area contributed by atoms with E-state index in [2.05, 4.69) is 68.3 Å². The lowest BCUT2D eigenvalue weighted by Gasteiger charge is -2.07. The average Bonchev–Trinajstić information content (AvgIpc) is 2.96. The van der Waals surface area contributed by atoms with E-state index in [1.807, 2.05) is 12.1 Å². The molecule has 3 rings (SSSR count). The second-order valence-corrected chi connectivity index (χ2v) is 8.02. The van der Waals surface area contributed by atoms with Crippen LogP contribution >= 0.6 is 11.3 Å². The van der Waals surface area contributed by atoms with Gasteiger partial charge in [0.15, 0.2) is 5.13 Å². The third-order valence-electron chi connectivity index (χ3n) is 4.33. The van der Waals surface area contributed by atoms with E-state index in [9.17, 15) is 4.79 Å². The summed E-state index contributed by atoms with van der Waals surface area (Å²) >= 11 is 1.53. The van der Waals surface area contributed by atoms with Crippen LogP contribution in [0.3, 0.4) is 0 Å². The van der Waals surface area contributed by atoms with Gasteiger partial charge in [0.2, 0.25) is 5.91 Å². The lowest BCUT2D eigenvalue weighted by atomic mass is 10.0. The van der Waals surface area contributed by atoms with E-state index in [1.54, 1.807) is 0 Å². The van der Waals surface area contributed by atoms with Crippen LogP contribution in [0, 0.1) is 0 Å². The van der Waals surface area contributed by atoms with Crippen molar-refractivity contribution in [3.05, 3.63) is 59.2 Å². The van der Waals surface area contributed by atoms with Gasteiger partial charge in [-0.2, -0.15) is 0 Å². The molecule has 0 atom stereocenters. The van der Waals surface area contributed by atoms with E-state index in [-0.39, 0.29) is 5.91 Å². The summed E-state index contributed by atoms with van der Waals surface area (Å²) in [5, 5.41) is 3.62. The van der Waals surface area contributed by atoms with Crippen LogP contribution in [0.25, 0.3) is 10.2 Å². The second-order valence-electron chi connectivity index (χ2n) is 6.99. The van der Waals surface area contributed by atoms with E-state index < -0.39 is 0 Å². The molecule has 0 saturated heterocycles. The van der Waals surface area contributed by atoms with Crippen LogP contribution in [-0.2, 0) is 11.2 Å². The fourth-order valence-electron chi connectivity index (χ4n) is 2.86. The van der Waals surface area contributed by atoms with Crippen molar-refractivity contribution in [3.63, 3.8) is 0 Å². The highest BCUT2D eigenvalue weighted by molar-refractivity contribution is 7.22. The topological polar surface area (TPSA) is 42.0 Å². The Morgan fingerprint density at radius 1 is 1.04 bits per heavy atom. The number of benzene rings is 2. The SMILES string of the molecule is CC(C)c1ccc(CC(=O)Nc2nc3c(C(C)C)cccc3s2)cc1. The molecule has 3 aromatic rings. The number of hydrogen-bond acceptors (Lipinski definition) is 3. The van der Waals surface area contributed by atoms with Gasteiger partial charge < -0.3 is 5.32 Å². The molecule has 0 saturated carbocycles. The maximum atomic E-state index is 12.4. The number of nitrogens with zero attached hydrogens (tertiary/aromatic N) is 1. The van der Waals surface area contributed by atoms with E-state index in [4.69, 9.17) is 0 Å². The molecule has 1 N–H and O–H groups in total. The first kappa shape index (κ1) is 17.6. The normalized spacial score (nSPS) is 11.4. The molecule has 1 amide bonds. The average molecular weight is 353 g/mol. The Hall–Kier alpha value is -2.20. The third-order valence-corrected chi connectivity index (χ3v) is 5.27. The summed E-state index contributed by atoms with van der Waals surface area (Å²) in [6.07, 6.45) is 0.366. The van der Waals surface area contributed by atoms with Crippen LogP contribution in [0.2, 0.25) is 0 Å². The standard InChI is InChI=1S/C21H24N2OS/c1-13(2)16-10-8-15(9-11-16)12-19(24)22-21-23-20-17(14(3)4)6-5-7-18(20)25-21/h5-11,13-14H,12H2,1-4H3,(H,22,23,24). The van der Waals surface area contributed by atoms with Crippen LogP contribution in [0.15, 0.2) is 42.5 Å². The van der Waals surface area contributed by atoms with E-state index >= 15 is 0 Å². The molecule has 0 radical (unpaired) electrons. The smallest absolute Gasteiger partial charge is 0.230 e. The number of hydrogen-bond donors (Lipinski definition) is 1. The molecule has 0 spiro atoms. The molecule has 2 aromatic carbocycles. The minimum absolute atomic E-state index is 0.0255. The van der Waals surface area contributed by atoms with Crippen molar-refractivity contribution in [2.75, 3.05) is 5.32 Å². The Morgan fingerprint density at radius 3 is 2.40 bits per heavy atom. The summed E-state index contributed by atoms with van der Waals surface area (Å²) in [4.78, 5) is 17.0. The van der Waals surface area contributed by atoms with Crippen LogP contribution in [0.1, 0.15) is 56.2 Å². The zero-order chi connectivity index (χ0) is 18.0. The number of carbonyl (C=O) groups is 1. The maximum Gasteiger partial charge on any atom is 0.230 e. The van der Waals surface area contributed by atoms with E-state index in [1.165, 1.54) is 22.5 Å². The van der Waals surface area contributed by atoms with Gasteiger partial charge in [-0.1, -0.05) is 75.4 Å². The number of thiazole rings is 1. The zero-order valence-corrected chi connectivity index (χ0v) is 16.0. The largest absolute Gasteiger partial charge is 0.302 e. The molecular weight excluding hydrogens is 328 g/mol. The first-order chi connectivity index (χ1) is 11.9. The van der Waals surface area contributed by atoms with Crippen molar-refractivity contribution in [2.24, 2.45) is 0 Å². The van der Waals surface area contributed by atoms with Crippen molar-refractivity contribution in [3.8, 4) is 0 Å². The van der Waals surface area contributed by atoms with Gasteiger partial charge >= 0.3 is 0 Å². The van der Waals surface area contributed by atoms with Crippen LogP contribution in [0.4, 0.5) is 5.13 Å². The summed E-state index contributed by atoms with van der Waals surface area (Å²) in [6, 6.07) is 14.5. The Bertz CT molecular complexity index is 879. The molecule has 130 valence electrons. The molecule has 4 heteroatoms. The van der Waals surface area contributed by atoms with Gasteiger partial charge in [0.05, 0.1) is 16.6 Å². The monoisotopic (exact) mass is 352 g/mol. The first-order valence-corrected chi connectivity index (χ1v) is 9.54. The van der Waals surface area contributed by atoms with Crippen molar-refractivity contribution < 1.29 is 4.79 Å². The van der Waals surface area contributed by atoms with Crippen LogP contribution in [-0.4, -0.2) is 10.9 Å². The van der Waals surface area contributed by atoms with Crippen molar-refractivity contribution in [2.45, 2.75) is 46.0 Å². The molecule has 25 heavy (non-hydrogen) atoms. The van der Waals surface area contributed by atoms with E-state index in [0.29, 0.717) is 23.4 Å². The molecule has 0 aliphatic carbocycles. The fraction of sp³-hybridized carbons (Fsp3) is 0.333. The number of rotatable bonds is 5. The molecule has 0 aliphatic rings. The number of fused-ring (bicyclic) bond motifs is 1. The van der Waals surface area contributed by atoms with Gasteiger partial charge in [-0.15, -0.1) is 0 Å². The number of carbonyl (C=O) groups excluding carboxylic acids is 1. The zero-order valence-electron chi connectivity index (χ0n) is 15.2. The van der Waals surface area contributed by atoms with Crippen molar-refractivity contribution >= 4 is 32.6 Å². The minimum Gasteiger partial charge on any atom is -0.302 e. The number of anilines is 1. The molecule has 0 unspecified atom stereocenters. The van der Waals surface area contributed by atoms with Crippen LogP contribution in [0.5, 0.6) is 0 Å².